The Morgan fingerprint density at radius 2 is 1.44 bits per heavy atom. The van der Waals surface area contributed by atoms with Gasteiger partial charge in [0, 0.05) is 0 Å². The number of rotatable bonds is 3. The SMILES string of the molecule is CC(C)(C)OC(=O)CC(C)(N)C(F)(F)C(F)(F)F. The molecule has 0 aliphatic heterocycles. The highest BCUT2D eigenvalue weighted by molar-refractivity contribution is 5.71. The predicted molar refractivity (Wildman–Crippen MR) is 54.1 cm³/mol. The minimum Gasteiger partial charge on any atom is -0.460 e. The van der Waals surface area contributed by atoms with E-state index >= 15 is 0 Å². The zero-order valence-corrected chi connectivity index (χ0v) is 10.5. The average Bonchev–Trinajstić information content (AvgIpc) is 1.95. The van der Waals surface area contributed by atoms with Gasteiger partial charge in [-0.2, -0.15) is 22.0 Å². The first-order valence-corrected chi connectivity index (χ1v) is 5.05. The summed E-state index contributed by atoms with van der Waals surface area (Å²) >= 11 is 0. The quantitative estimate of drug-likeness (QED) is 0.637. The van der Waals surface area contributed by atoms with Crippen molar-refractivity contribution in [2.24, 2.45) is 5.73 Å². The van der Waals surface area contributed by atoms with Crippen LogP contribution < -0.4 is 5.73 Å². The Kier molecular flexibility index (Phi) is 4.40. The Bertz CT molecular complexity index is 317. The Hall–Kier alpha value is -0.920. The van der Waals surface area contributed by atoms with Crippen LogP contribution in [0.3, 0.4) is 0 Å². The summed E-state index contributed by atoms with van der Waals surface area (Å²) in [5, 5.41) is 0. The molecule has 2 N–H and O–H groups in total. The molecular weight excluding hydrogens is 261 g/mol. The van der Waals surface area contributed by atoms with Crippen molar-refractivity contribution < 1.29 is 31.5 Å². The molecule has 8 heteroatoms. The largest absolute Gasteiger partial charge is 0.460 e. The van der Waals surface area contributed by atoms with Crippen molar-refractivity contribution in [1.29, 1.82) is 0 Å². The lowest BCUT2D eigenvalue weighted by Crippen LogP contribution is -2.61. The molecule has 3 nitrogen and oxygen atoms in total. The normalized spacial score (nSPS) is 17.2. The van der Waals surface area contributed by atoms with E-state index in [1.165, 1.54) is 20.8 Å². The van der Waals surface area contributed by atoms with Crippen LogP contribution in [0, 0.1) is 0 Å². The van der Waals surface area contributed by atoms with Crippen LogP contribution in [-0.4, -0.2) is 29.2 Å². The Labute approximate surface area is 101 Å². The van der Waals surface area contributed by atoms with Gasteiger partial charge in [-0.3, -0.25) is 4.79 Å². The molecule has 18 heavy (non-hydrogen) atoms. The van der Waals surface area contributed by atoms with Gasteiger partial charge >= 0.3 is 18.1 Å². The molecule has 0 aromatic carbocycles. The van der Waals surface area contributed by atoms with E-state index in [4.69, 9.17) is 5.73 Å². The molecule has 0 amide bonds. The zero-order valence-electron chi connectivity index (χ0n) is 10.5. The van der Waals surface area contributed by atoms with Crippen molar-refractivity contribution in [1.82, 2.24) is 0 Å². The molecule has 0 bridgehead atoms. The first-order valence-electron chi connectivity index (χ1n) is 5.05. The van der Waals surface area contributed by atoms with Crippen LogP contribution in [0.15, 0.2) is 0 Å². The van der Waals surface area contributed by atoms with Gasteiger partial charge in [0.1, 0.15) is 5.60 Å². The monoisotopic (exact) mass is 277 g/mol. The summed E-state index contributed by atoms with van der Waals surface area (Å²) in [6.07, 6.45) is -7.06. The Balaban J connectivity index is 4.92. The van der Waals surface area contributed by atoms with E-state index in [1.54, 1.807) is 0 Å². The number of nitrogens with two attached hydrogens (primary N) is 1. The van der Waals surface area contributed by atoms with E-state index in [1.807, 2.05) is 0 Å². The molecule has 0 aromatic heterocycles. The molecule has 0 aliphatic carbocycles. The van der Waals surface area contributed by atoms with Gasteiger partial charge in [-0.1, -0.05) is 0 Å². The lowest BCUT2D eigenvalue weighted by molar-refractivity contribution is -0.305. The fraction of sp³-hybridized carbons (Fsp3) is 0.900. The second kappa shape index (κ2) is 4.64. The highest BCUT2D eigenvalue weighted by atomic mass is 19.4. The van der Waals surface area contributed by atoms with Gasteiger partial charge in [-0.25, -0.2) is 0 Å². The van der Waals surface area contributed by atoms with Crippen LogP contribution in [-0.2, 0) is 9.53 Å². The van der Waals surface area contributed by atoms with Gasteiger partial charge in [-0.05, 0) is 27.7 Å². The van der Waals surface area contributed by atoms with Crippen molar-refractivity contribution >= 4 is 5.97 Å². The average molecular weight is 277 g/mol. The number of esters is 1. The van der Waals surface area contributed by atoms with Crippen LogP contribution in [0.25, 0.3) is 0 Å². The van der Waals surface area contributed by atoms with Crippen molar-refractivity contribution in [3.63, 3.8) is 0 Å². The molecule has 0 aromatic rings. The van der Waals surface area contributed by atoms with E-state index < -0.39 is 35.6 Å². The molecule has 0 fully saturated rings. The zero-order chi connectivity index (χ0) is 15.0. The second-order valence-corrected chi connectivity index (χ2v) is 5.25. The molecule has 108 valence electrons. The van der Waals surface area contributed by atoms with E-state index in [2.05, 4.69) is 4.74 Å². The lowest BCUT2D eigenvalue weighted by Gasteiger charge is -2.34. The topological polar surface area (TPSA) is 52.3 Å². The number of alkyl halides is 5. The smallest absolute Gasteiger partial charge is 0.455 e. The third-order valence-corrected chi connectivity index (χ3v) is 2.00. The van der Waals surface area contributed by atoms with E-state index in [0.717, 1.165) is 0 Å². The Morgan fingerprint density at radius 3 is 1.72 bits per heavy atom. The van der Waals surface area contributed by atoms with Crippen molar-refractivity contribution in [2.75, 3.05) is 0 Å². The van der Waals surface area contributed by atoms with Gasteiger partial charge in [-0.15, -0.1) is 0 Å². The second-order valence-electron chi connectivity index (χ2n) is 5.25. The number of carbonyl (C=O) groups excluding carboxylic acids is 1. The van der Waals surface area contributed by atoms with E-state index in [-0.39, 0.29) is 0 Å². The number of carbonyl (C=O) groups is 1. The van der Waals surface area contributed by atoms with Gasteiger partial charge in [0.25, 0.3) is 0 Å². The molecule has 0 aliphatic rings. The summed E-state index contributed by atoms with van der Waals surface area (Å²) in [6.45, 7) is 4.84. The number of hydrogen-bond acceptors (Lipinski definition) is 3. The molecular formula is C10H16F5NO2. The van der Waals surface area contributed by atoms with Crippen LogP contribution in [0.1, 0.15) is 34.1 Å². The molecule has 0 saturated carbocycles. The Morgan fingerprint density at radius 1 is 1.06 bits per heavy atom. The van der Waals surface area contributed by atoms with Crippen LogP contribution in [0.2, 0.25) is 0 Å². The maximum atomic E-state index is 13.0. The minimum atomic E-state index is -5.82. The summed E-state index contributed by atoms with van der Waals surface area (Å²) in [5.41, 5.74) is 0.882. The van der Waals surface area contributed by atoms with Crippen LogP contribution in [0.5, 0.6) is 0 Å². The number of hydrogen-bond donors (Lipinski definition) is 1. The molecule has 0 radical (unpaired) electrons. The van der Waals surface area contributed by atoms with Gasteiger partial charge in [0.15, 0.2) is 0 Å². The molecule has 1 unspecified atom stereocenters. The van der Waals surface area contributed by atoms with Gasteiger partial charge in [0.2, 0.25) is 0 Å². The van der Waals surface area contributed by atoms with Crippen molar-refractivity contribution in [3.05, 3.63) is 0 Å². The lowest BCUT2D eigenvalue weighted by atomic mass is 9.90. The molecule has 0 heterocycles. The van der Waals surface area contributed by atoms with Crippen molar-refractivity contribution in [2.45, 2.75) is 57.4 Å². The minimum absolute atomic E-state index is 0.463. The van der Waals surface area contributed by atoms with Crippen LogP contribution >= 0.6 is 0 Å². The van der Waals surface area contributed by atoms with Crippen molar-refractivity contribution in [3.8, 4) is 0 Å². The molecule has 0 rings (SSSR count). The molecule has 0 saturated heterocycles. The molecule has 0 spiro atoms. The highest BCUT2D eigenvalue weighted by Gasteiger charge is 2.67. The fourth-order valence-electron chi connectivity index (χ4n) is 1.11. The first kappa shape index (κ1) is 17.1. The first-order chi connectivity index (χ1) is 7.60. The maximum absolute atomic E-state index is 13.0. The van der Waals surface area contributed by atoms with Crippen LogP contribution in [0.4, 0.5) is 22.0 Å². The third-order valence-electron chi connectivity index (χ3n) is 2.00. The standard InChI is InChI=1S/C10H16F5NO2/c1-7(2,3)18-6(17)5-8(4,16)9(11,12)10(13,14)15/h5,16H2,1-4H3. The summed E-state index contributed by atoms with van der Waals surface area (Å²) in [5.74, 6) is -6.40. The highest BCUT2D eigenvalue weighted by Crippen LogP contribution is 2.43. The fourth-order valence-corrected chi connectivity index (χ4v) is 1.11. The summed E-state index contributed by atoms with van der Waals surface area (Å²) in [4.78, 5) is 11.2. The van der Waals surface area contributed by atoms with Gasteiger partial charge in [0.05, 0.1) is 12.0 Å². The molecule has 1 atom stereocenters. The summed E-state index contributed by atoms with van der Waals surface area (Å²) < 4.78 is 67.2. The third kappa shape index (κ3) is 4.08. The maximum Gasteiger partial charge on any atom is 0.455 e. The predicted octanol–water partition coefficient (Wildman–Crippen LogP) is 2.63. The number of halogens is 5. The number of ether oxygens (including phenoxy) is 1. The summed E-state index contributed by atoms with van der Waals surface area (Å²) in [7, 11) is 0. The van der Waals surface area contributed by atoms with E-state index in [9.17, 15) is 26.7 Å². The van der Waals surface area contributed by atoms with Gasteiger partial charge < -0.3 is 10.5 Å². The van der Waals surface area contributed by atoms with E-state index in [0.29, 0.717) is 6.92 Å². The summed E-state index contributed by atoms with van der Waals surface area (Å²) in [6, 6.07) is 0.